The highest BCUT2D eigenvalue weighted by Gasteiger charge is 2.32. The first-order valence-corrected chi connectivity index (χ1v) is 13.5. The van der Waals surface area contributed by atoms with Crippen molar-refractivity contribution in [2.24, 2.45) is 5.10 Å². The van der Waals surface area contributed by atoms with E-state index in [2.05, 4.69) is 16.6 Å². The largest absolute Gasteiger partial charge is 0.489 e. The lowest BCUT2D eigenvalue weighted by Gasteiger charge is -2.22. The van der Waals surface area contributed by atoms with Crippen molar-refractivity contribution in [2.75, 3.05) is 17.1 Å². The molecular formula is C28H24F3N3O4S. The standard InChI is InChI=1S/C28H24F3N3O4S/c1-39(36,37)34(25-8-4-7-24(16-25)28(29,30)31)18-27(35)33-32-17-20-10-13-26(14-11-20)38-19-21-9-12-22-5-2-3-6-23(22)15-21/h2-17H,18-19H2,1H3,(H,33,35)/b32-17-. The second-order valence-corrected chi connectivity index (χ2v) is 10.6. The number of nitrogens with zero attached hydrogens (tertiary/aromatic N) is 2. The molecule has 1 amide bonds. The topological polar surface area (TPSA) is 88.1 Å². The molecule has 0 atom stereocenters. The fourth-order valence-corrected chi connectivity index (χ4v) is 4.58. The Labute approximate surface area is 223 Å². The maximum absolute atomic E-state index is 13.0. The minimum Gasteiger partial charge on any atom is -0.489 e. The lowest BCUT2D eigenvalue weighted by atomic mass is 10.1. The van der Waals surface area contributed by atoms with Crippen LogP contribution in [0.1, 0.15) is 16.7 Å². The van der Waals surface area contributed by atoms with Crippen LogP contribution in [0.2, 0.25) is 0 Å². The van der Waals surface area contributed by atoms with Gasteiger partial charge in [0.25, 0.3) is 5.91 Å². The van der Waals surface area contributed by atoms with E-state index in [0.29, 0.717) is 28.3 Å². The number of hydrogen-bond donors (Lipinski definition) is 1. The second-order valence-electron chi connectivity index (χ2n) is 8.65. The number of fused-ring (bicyclic) bond motifs is 1. The monoisotopic (exact) mass is 555 g/mol. The van der Waals surface area contributed by atoms with Gasteiger partial charge in [-0.2, -0.15) is 18.3 Å². The molecule has 0 saturated carbocycles. The first-order valence-electron chi connectivity index (χ1n) is 11.7. The Morgan fingerprint density at radius 2 is 1.67 bits per heavy atom. The van der Waals surface area contributed by atoms with Gasteiger partial charge in [0.2, 0.25) is 10.0 Å². The molecule has 0 radical (unpaired) electrons. The quantitative estimate of drug-likeness (QED) is 0.223. The number of sulfonamides is 1. The number of anilines is 1. The van der Waals surface area contributed by atoms with Crippen molar-refractivity contribution in [1.29, 1.82) is 0 Å². The molecule has 0 saturated heterocycles. The maximum Gasteiger partial charge on any atom is 0.416 e. The van der Waals surface area contributed by atoms with Crippen molar-refractivity contribution in [1.82, 2.24) is 5.43 Å². The molecule has 4 aromatic carbocycles. The number of rotatable bonds is 9. The Morgan fingerprint density at radius 1 is 0.949 bits per heavy atom. The van der Waals surface area contributed by atoms with Crippen molar-refractivity contribution in [2.45, 2.75) is 12.8 Å². The van der Waals surface area contributed by atoms with Gasteiger partial charge in [-0.05, 0) is 70.4 Å². The molecule has 0 aliphatic heterocycles. The normalized spacial score (nSPS) is 12.0. The van der Waals surface area contributed by atoms with Gasteiger partial charge in [0.1, 0.15) is 18.9 Å². The van der Waals surface area contributed by atoms with Gasteiger partial charge in [0, 0.05) is 0 Å². The van der Waals surface area contributed by atoms with Gasteiger partial charge in [-0.3, -0.25) is 9.10 Å². The lowest BCUT2D eigenvalue weighted by molar-refractivity contribution is -0.137. The predicted octanol–water partition coefficient (Wildman–Crippen LogP) is 5.35. The average Bonchev–Trinajstić information content (AvgIpc) is 2.90. The van der Waals surface area contributed by atoms with Gasteiger partial charge in [0.15, 0.2) is 0 Å². The third-order valence-corrected chi connectivity index (χ3v) is 6.79. The summed E-state index contributed by atoms with van der Waals surface area (Å²) in [5, 5.41) is 6.09. The molecule has 0 fully saturated rings. The molecule has 0 unspecified atom stereocenters. The fourth-order valence-electron chi connectivity index (χ4n) is 3.73. The Bertz CT molecular complexity index is 1600. The molecule has 202 valence electrons. The summed E-state index contributed by atoms with van der Waals surface area (Å²) in [7, 11) is -4.05. The summed E-state index contributed by atoms with van der Waals surface area (Å²) >= 11 is 0. The summed E-state index contributed by atoms with van der Waals surface area (Å²) in [4.78, 5) is 12.3. The third kappa shape index (κ3) is 7.57. The molecule has 4 rings (SSSR count). The number of alkyl halides is 3. The third-order valence-electron chi connectivity index (χ3n) is 5.65. The predicted molar refractivity (Wildman–Crippen MR) is 144 cm³/mol. The van der Waals surface area contributed by atoms with Gasteiger partial charge in [-0.15, -0.1) is 0 Å². The molecule has 0 spiro atoms. The number of carbonyl (C=O) groups excluding carboxylic acids is 1. The van der Waals surface area contributed by atoms with Crippen LogP contribution in [-0.4, -0.2) is 33.3 Å². The highest BCUT2D eigenvalue weighted by Crippen LogP contribution is 2.32. The number of ether oxygens (including phenoxy) is 1. The number of hydrogen-bond acceptors (Lipinski definition) is 5. The van der Waals surface area contributed by atoms with E-state index in [1.807, 2.05) is 36.4 Å². The van der Waals surface area contributed by atoms with Crippen LogP contribution in [0.5, 0.6) is 5.75 Å². The highest BCUT2D eigenvalue weighted by molar-refractivity contribution is 7.92. The molecule has 11 heteroatoms. The number of nitrogens with one attached hydrogen (secondary N) is 1. The van der Waals surface area contributed by atoms with Gasteiger partial charge in [-0.1, -0.05) is 42.5 Å². The van der Waals surface area contributed by atoms with Crippen LogP contribution in [0.3, 0.4) is 0 Å². The van der Waals surface area contributed by atoms with Gasteiger partial charge < -0.3 is 4.74 Å². The average molecular weight is 556 g/mol. The van der Waals surface area contributed by atoms with Crippen LogP contribution >= 0.6 is 0 Å². The molecule has 1 N–H and O–H groups in total. The molecule has 0 bridgehead atoms. The first kappa shape index (κ1) is 27.6. The van der Waals surface area contributed by atoms with E-state index in [1.165, 1.54) is 12.3 Å². The van der Waals surface area contributed by atoms with Crippen molar-refractivity contribution < 1.29 is 31.1 Å². The van der Waals surface area contributed by atoms with Crippen LogP contribution in [-0.2, 0) is 27.6 Å². The van der Waals surface area contributed by atoms with Crippen LogP contribution in [0.15, 0.2) is 96.1 Å². The number of benzene rings is 4. The maximum atomic E-state index is 13.0. The lowest BCUT2D eigenvalue weighted by Crippen LogP contribution is -2.39. The van der Waals surface area contributed by atoms with Gasteiger partial charge >= 0.3 is 6.18 Å². The number of halogens is 3. The van der Waals surface area contributed by atoms with Crippen molar-refractivity contribution in [3.05, 3.63) is 108 Å². The summed E-state index contributed by atoms with van der Waals surface area (Å²) in [6.45, 7) is -0.365. The van der Waals surface area contributed by atoms with Crippen LogP contribution < -0.4 is 14.5 Å². The van der Waals surface area contributed by atoms with Crippen molar-refractivity contribution in [3.63, 3.8) is 0 Å². The minimum absolute atomic E-state index is 0.286. The van der Waals surface area contributed by atoms with E-state index in [4.69, 9.17) is 4.74 Å². The molecule has 0 heterocycles. The zero-order valence-electron chi connectivity index (χ0n) is 20.7. The van der Waals surface area contributed by atoms with E-state index in [-0.39, 0.29) is 5.69 Å². The number of carbonyl (C=O) groups is 1. The van der Waals surface area contributed by atoms with E-state index in [1.54, 1.807) is 24.3 Å². The number of hydrazone groups is 1. The van der Waals surface area contributed by atoms with E-state index < -0.39 is 34.2 Å². The first-order chi connectivity index (χ1) is 18.5. The van der Waals surface area contributed by atoms with Crippen molar-refractivity contribution >= 4 is 38.6 Å². The fraction of sp³-hybridized carbons (Fsp3) is 0.143. The number of amides is 1. The Balaban J connectivity index is 1.33. The smallest absolute Gasteiger partial charge is 0.416 e. The van der Waals surface area contributed by atoms with Gasteiger partial charge in [0.05, 0.1) is 23.7 Å². The zero-order valence-corrected chi connectivity index (χ0v) is 21.5. The zero-order chi connectivity index (χ0) is 28.0. The summed E-state index contributed by atoms with van der Waals surface area (Å²) in [6.07, 6.45) is -2.52. The molecule has 7 nitrogen and oxygen atoms in total. The SMILES string of the molecule is CS(=O)(=O)N(CC(=O)N/N=C\c1ccc(OCc2ccc3ccccc3c2)cc1)c1cccc(C(F)(F)F)c1. The second kappa shape index (κ2) is 11.6. The summed E-state index contributed by atoms with van der Waals surface area (Å²) in [5.41, 5.74) is 2.53. The Hall–Kier alpha value is -4.38. The van der Waals surface area contributed by atoms with Gasteiger partial charge in [-0.25, -0.2) is 13.8 Å². The molecular weight excluding hydrogens is 531 g/mol. The molecule has 0 aliphatic rings. The summed E-state index contributed by atoms with van der Waals surface area (Å²) < 4.78 is 69.9. The van der Waals surface area contributed by atoms with Crippen LogP contribution in [0, 0.1) is 0 Å². The van der Waals surface area contributed by atoms with Crippen LogP contribution in [0.25, 0.3) is 10.8 Å². The molecule has 39 heavy (non-hydrogen) atoms. The molecule has 0 aliphatic carbocycles. The van der Waals surface area contributed by atoms with E-state index in [0.717, 1.165) is 34.7 Å². The molecule has 0 aromatic heterocycles. The minimum atomic E-state index is -4.66. The summed E-state index contributed by atoms with van der Waals surface area (Å²) in [5.74, 6) is -0.196. The van der Waals surface area contributed by atoms with E-state index in [9.17, 15) is 26.4 Å². The Morgan fingerprint density at radius 3 is 2.36 bits per heavy atom. The van der Waals surface area contributed by atoms with E-state index >= 15 is 0 Å². The van der Waals surface area contributed by atoms with Crippen LogP contribution in [0.4, 0.5) is 18.9 Å². The highest BCUT2D eigenvalue weighted by atomic mass is 32.2. The molecule has 4 aromatic rings. The summed E-state index contributed by atoms with van der Waals surface area (Å²) in [6, 6.07) is 24.8. The Kier molecular flexibility index (Phi) is 8.20. The van der Waals surface area contributed by atoms with Crippen molar-refractivity contribution in [3.8, 4) is 5.75 Å².